The molecular formula is C31H28FN9O3. The number of fused-ring (bicyclic) bond motifs is 1. The number of nitrogen functional groups attached to an aromatic ring is 1. The predicted octanol–water partition coefficient (Wildman–Crippen LogP) is 4.91. The number of halogens is 1. The number of hydrogen-bond acceptors (Lipinski definition) is 9. The maximum absolute atomic E-state index is 14.2. The molecule has 44 heavy (non-hydrogen) atoms. The zero-order valence-electron chi connectivity index (χ0n) is 23.7. The van der Waals surface area contributed by atoms with Gasteiger partial charge < -0.3 is 31.3 Å². The van der Waals surface area contributed by atoms with Crippen molar-refractivity contribution in [3.05, 3.63) is 78.9 Å². The smallest absolute Gasteiger partial charge is 0.323 e. The molecule has 1 aliphatic rings. The van der Waals surface area contributed by atoms with Crippen LogP contribution in [0.4, 0.5) is 38.0 Å². The van der Waals surface area contributed by atoms with Crippen LogP contribution in [-0.4, -0.2) is 58.2 Å². The number of rotatable bonds is 6. The van der Waals surface area contributed by atoms with Crippen LogP contribution in [0.5, 0.6) is 0 Å². The summed E-state index contributed by atoms with van der Waals surface area (Å²) in [4.78, 5) is 44.0. The van der Waals surface area contributed by atoms with E-state index in [1.807, 2.05) is 30.3 Å². The SMILES string of the molecule is CC(=O)Nc1ccc(NC(=O)Nc2ccc(-c3nc(N4CCOCC4)c4ccc(-c5cnc(N)nc5)cc4n3)cc2)cc1F. The van der Waals surface area contributed by atoms with Crippen LogP contribution in [0.2, 0.25) is 0 Å². The summed E-state index contributed by atoms with van der Waals surface area (Å²) in [6, 6.07) is 16.5. The summed E-state index contributed by atoms with van der Waals surface area (Å²) in [6.45, 7) is 3.91. The Balaban J connectivity index is 1.25. The largest absolute Gasteiger partial charge is 0.378 e. The molecule has 3 aromatic carbocycles. The van der Waals surface area contributed by atoms with Gasteiger partial charge in [-0.3, -0.25) is 4.79 Å². The Labute approximate surface area is 251 Å². The van der Waals surface area contributed by atoms with Gasteiger partial charge in [-0.1, -0.05) is 6.07 Å². The third-order valence-electron chi connectivity index (χ3n) is 6.93. The molecule has 5 aromatic rings. The molecule has 3 amide bonds. The van der Waals surface area contributed by atoms with E-state index in [-0.39, 0.29) is 17.3 Å². The molecule has 0 saturated carbocycles. The number of carbonyl (C=O) groups is 2. The average molecular weight is 594 g/mol. The molecule has 0 aliphatic carbocycles. The number of anilines is 5. The Kier molecular flexibility index (Phi) is 7.93. The molecule has 0 atom stereocenters. The van der Waals surface area contributed by atoms with E-state index < -0.39 is 17.8 Å². The van der Waals surface area contributed by atoms with Gasteiger partial charge in [0.15, 0.2) is 5.82 Å². The first kappa shape index (κ1) is 28.4. The van der Waals surface area contributed by atoms with Crippen LogP contribution in [0.25, 0.3) is 33.4 Å². The van der Waals surface area contributed by atoms with E-state index in [1.165, 1.54) is 19.1 Å². The topological polar surface area (TPSA) is 160 Å². The molecule has 1 fully saturated rings. The second-order valence-corrected chi connectivity index (χ2v) is 10.1. The van der Waals surface area contributed by atoms with Gasteiger partial charge in [0, 0.05) is 60.3 Å². The van der Waals surface area contributed by atoms with E-state index >= 15 is 0 Å². The van der Waals surface area contributed by atoms with E-state index in [9.17, 15) is 14.0 Å². The van der Waals surface area contributed by atoms with Gasteiger partial charge >= 0.3 is 6.03 Å². The number of urea groups is 1. The Hall–Kier alpha value is -5.69. The number of morpholine rings is 1. The Morgan fingerprint density at radius 1 is 0.841 bits per heavy atom. The second-order valence-electron chi connectivity index (χ2n) is 10.1. The van der Waals surface area contributed by atoms with Crippen LogP contribution in [0.15, 0.2) is 73.1 Å². The molecule has 5 N–H and O–H groups in total. The van der Waals surface area contributed by atoms with Crippen LogP contribution in [0.3, 0.4) is 0 Å². The molecule has 1 aliphatic heterocycles. The van der Waals surface area contributed by atoms with Crippen LogP contribution >= 0.6 is 0 Å². The summed E-state index contributed by atoms with van der Waals surface area (Å²) in [6.07, 6.45) is 3.35. The van der Waals surface area contributed by atoms with Crippen molar-refractivity contribution in [2.45, 2.75) is 6.92 Å². The molecular weight excluding hydrogens is 565 g/mol. The lowest BCUT2D eigenvalue weighted by atomic mass is 10.1. The van der Waals surface area contributed by atoms with E-state index in [2.05, 4.69) is 30.8 Å². The summed E-state index contributed by atoms with van der Waals surface area (Å²) in [5, 5.41) is 8.61. The lowest BCUT2D eigenvalue weighted by molar-refractivity contribution is -0.114. The van der Waals surface area contributed by atoms with Crippen molar-refractivity contribution in [3.8, 4) is 22.5 Å². The van der Waals surface area contributed by atoms with Crippen molar-refractivity contribution in [2.24, 2.45) is 0 Å². The van der Waals surface area contributed by atoms with Gasteiger partial charge in [0.1, 0.15) is 11.6 Å². The van der Waals surface area contributed by atoms with Crippen LogP contribution in [0, 0.1) is 5.82 Å². The van der Waals surface area contributed by atoms with E-state index in [0.29, 0.717) is 37.8 Å². The highest BCUT2D eigenvalue weighted by Gasteiger charge is 2.19. The second kappa shape index (κ2) is 12.3. The quantitative estimate of drug-likeness (QED) is 0.214. The average Bonchev–Trinajstić information content (AvgIpc) is 3.02. The summed E-state index contributed by atoms with van der Waals surface area (Å²) in [5.74, 6) is 0.482. The van der Waals surface area contributed by atoms with Gasteiger partial charge in [0.05, 0.1) is 24.4 Å². The molecule has 2 aromatic heterocycles. The summed E-state index contributed by atoms with van der Waals surface area (Å²) >= 11 is 0. The van der Waals surface area contributed by atoms with Gasteiger partial charge in [-0.2, -0.15) is 0 Å². The van der Waals surface area contributed by atoms with Crippen molar-refractivity contribution >= 4 is 51.7 Å². The van der Waals surface area contributed by atoms with Crippen LogP contribution < -0.4 is 26.6 Å². The number of nitrogens with two attached hydrogens (primary N) is 1. The van der Waals surface area contributed by atoms with Crippen LogP contribution in [-0.2, 0) is 9.53 Å². The monoisotopic (exact) mass is 593 g/mol. The molecule has 0 spiro atoms. The number of carbonyl (C=O) groups excluding carboxylic acids is 2. The molecule has 1 saturated heterocycles. The number of aromatic nitrogens is 4. The third kappa shape index (κ3) is 6.37. The number of benzene rings is 3. The Bertz CT molecular complexity index is 1840. The van der Waals surface area contributed by atoms with Gasteiger partial charge in [0.25, 0.3) is 0 Å². The zero-order chi connectivity index (χ0) is 30.6. The van der Waals surface area contributed by atoms with Gasteiger partial charge in [-0.25, -0.2) is 29.1 Å². The van der Waals surface area contributed by atoms with Crippen LogP contribution in [0.1, 0.15) is 6.92 Å². The van der Waals surface area contributed by atoms with E-state index in [0.717, 1.165) is 39.5 Å². The first-order chi connectivity index (χ1) is 21.3. The molecule has 0 bridgehead atoms. The minimum Gasteiger partial charge on any atom is -0.378 e. The highest BCUT2D eigenvalue weighted by atomic mass is 19.1. The number of ether oxygens (including phenoxy) is 1. The minimum atomic E-state index is -0.664. The summed E-state index contributed by atoms with van der Waals surface area (Å²) < 4.78 is 19.8. The first-order valence-corrected chi connectivity index (χ1v) is 13.8. The Morgan fingerprint density at radius 3 is 2.23 bits per heavy atom. The van der Waals surface area contributed by atoms with Crippen molar-refractivity contribution in [2.75, 3.05) is 52.9 Å². The standard InChI is InChI=1S/C31H28FN9O3/c1-18(42)36-26-9-7-23(15-25(26)32)38-31(43)37-22-5-2-19(3-6-22)28-39-27-14-20(21-16-34-30(33)35-17-21)4-8-24(27)29(40-28)41-10-12-44-13-11-41/h2-9,14-17H,10-13H2,1H3,(H,36,42)(H2,33,34,35)(H2,37,38,43). The van der Waals surface area contributed by atoms with Gasteiger partial charge in [0.2, 0.25) is 11.9 Å². The van der Waals surface area contributed by atoms with E-state index in [4.69, 9.17) is 20.4 Å². The van der Waals surface area contributed by atoms with Gasteiger partial charge in [-0.05, 0) is 60.2 Å². The molecule has 13 heteroatoms. The molecule has 3 heterocycles. The maximum Gasteiger partial charge on any atom is 0.323 e. The summed E-state index contributed by atoms with van der Waals surface area (Å²) in [7, 11) is 0. The lowest BCUT2D eigenvalue weighted by Gasteiger charge is -2.29. The van der Waals surface area contributed by atoms with E-state index in [1.54, 1.807) is 24.5 Å². The lowest BCUT2D eigenvalue weighted by Crippen LogP contribution is -2.37. The molecule has 6 rings (SSSR count). The fraction of sp³-hybridized carbons (Fsp3) is 0.161. The van der Waals surface area contributed by atoms with Crippen molar-refractivity contribution < 1.29 is 18.7 Å². The van der Waals surface area contributed by atoms with Crippen molar-refractivity contribution in [1.82, 2.24) is 19.9 Å². The number of hydrogen-bond donors (Lipinski definition) is 4. The highest BCUT2D eigenvalue weighted by Crippen LogP contribution is 2.32. The minimum absolute atomic E-state index is 0.0298. The number of amides is 3. The number of nitrogens with one attached hydrogen (secondary N) is 3. The predicted molar refractivity (Wildman–Crippen MR) is 167 cm³/mol. The fourth-order valence-corrected chi connectivity index (χ4v) is 4.80. The van der Waals surface area contributed by atoms with Crippen molar-refractivity contribution in [3.63, 3.8) is 0 Å². The molecule has 12 nitrogen and oxygen atoms in total. The first-order valence-electron chi connectivity index (χ1n) is 13.8. The maximum atomic E-state index is 14.2. The van der Waals surface area contributed by atoms with Crippen molar-refractivity contribution in [1.29, 1.82) is 0 Å². The van der Waals surface area contributed by atoms with Gasteiger partial charge in [-0.15, -0.1) is 0 Å². The Morgan fingerprint density at radius 2 is 1.52 bits per heavy atom. The fourth-order valence-electron chi connectivity index (χ4n) is 4.80. The zero-order valence-corrected chi connectivity index (χ0v) is 23.7. The highest BCUT2D eigenvalue weighted by molar-refractivity contribution is 6.00. The normalized spacial score (nSPS) is 13.0. The molecule has 0 unspecified atom stereocenters. The molecule has 0 radical (unpaired) electrons. The molecule has 222 valence electrons. The third-order valence-corrected chi connectivity index (χ3v) is 6.93. The summed E-state index contributed by atoms with van der Waals surface area (Å²) in [5.41, 5.74) is 9.66. The number of nitrogens with zero attached hydrogens (tertiary/aromatic N) is 5.